The van der Waals surface area contributed by atoms with Crippen molar-refractivity contribution in [1.29, 1.82) is 0 Å². The molecule has 0 atom stereocenters. The van der Waals surface area contributed by atoms with E-state index in [9.17, 15) is 31.1 Å². The van der Waals surface area contributed by atoms with Gasteiger partial charge in [-0.25, -0.2) is 0 Å². The first-order valence-corrected chi connectivity index (χ1v) is 8.81. The number of hydrogen-bond acceptors (Lipinski definition) is 3. The minimum absolute atomic E-state index is 0.0791. The molecule has 10 heteroatoms. The number of amides is 1. The molecule has 0 bridgehead atoms. The average Bonchev–Trinajstić information content (AvgIpc) is 2.90. The van der Waals surface area contributed by atoms with Gasteiger partial charge < -0.3 is 5.32 Å². The van der Waals surface area contributed by atoms with Crippen LogP contribution in [0.1, 0.15) is 16.7 Å². The Morgan fingerprint density at radius 2 is 1.50 bits per heavy atom. The van der Waals surface area contributed by atoms with Crippen molar-refractivity contribution in [2.75, 3.05) is 0 Å². The van der Waals surface area contributed by atoms with Gasteiger partial charge in [0.1, 0.15) is 4.32 Å². The first kappa shape index (κ1) is 20.4. The molecule has 0 aliphatic carbocycles. The van der Waals surface area contributed by atoms with E-state index in [0.717, 1.165) is 11.8 Å². The Kier molecular flexibility index (Phi) is 5.28. The van der Waals surface area contributed by atoms with Gasteiger partial charge in [0, 0.05) is 0 Å². The lowest BCUT2D eigenvalue weighted by molar-refractivity contribution is -0.143. The number of carbonyl (C=O) groups excluding carboxylic acids is 1. The molecule has 1 heterocycles. The standard InChI is InChI=1S/C18H9F6NOS2/c19-17(20,21)12-6-11(7-13(8-12)18(22,23)24)10-3-1-2-9(4-10)5-14-15(26)25-16(27)28-14/h1-8H,(H,25,26,27)/b14-5-. The van der Waals surface area contributed by atoms with Crippen molar-refractivity contribution in [3.8, 4) is 11.1 Å². The second-order valence-corrected chi connectivity index (χ2v) is 7.49. The molecule has 1 aliphatic heterocycles. The van der Waals surface area contributed by atoms with Gasteiger partial charge in [0.2, 0.25) is 0 Å². The topological polar surface area (TPSA) is 29.1 Å². The monoisotopic (exact) mass is 433 g/mol. The Morgan fingerprint density at radius 3 is 2.00 bits per heavy atom. The van der Waals surface area contributed by atoms with Crippen LogP contribution < -0.4 is 5.32 Å². The van der Waals surface area contributed by atoms with E-state index in [2.05, 4.69) is 5.32 Å². The van der Waals surface area contributed by atoms with Gasteiger partial charge in [0.05, 0.1) is 16.0 Å². The maximum atomic E-state index is 13.0. The smallest absolute Gasteiger partial charge is 0.307 e. The molecule has 1 N–H and O–H groups in total. The quantitative estimate of drug-likeness (QED) is 0.364. The number of rotatable bonds is 2. The minimum Gasteiger partial charge on any atom is -0.307 e. The number of alkyl halides is 6. The van der Waals surface area contributed by atoms with Gasteiger partial charge >= 0.3 is 12.4 Å². The van der Waals surface area contributed by atoms with Gasteiger partial charge in [-0.1, -0.05) is 42.2 Å². The lowest BCUT2D eigenvalue weighted by atomic mass is 9.97. The summed E-state index contributed by atoms with van der Waals surface area (Å²) in [5.74, 6) is -0.418. The van der Waals surface area contributed by atoms with E-state index in [1.807, 2.05) is 0 Å². The summed E-state index contributed by atoms with van der Waals surface area (Å²) in [6.45, 7) is 0. The molecule has 0 spiro atoms. The summed E-state index contributed by atoms with van der Waals surface area (Å²) in [4.78, 5) is 12.0. The number of thioether (sulfide) groups is 1. The van der Waals surface area contributed by atoms with E-state index in [-0.39, 0.29) is 26.4 Å². The van der Waals surface area contributed by atoms with Gasteiger partial charge in [-0.3, -0.25) is 4.79 Å². The summed E-state index contributed by atoms with van der Waals surface area (Å²) in [5.41, 5.74) is -2.43. The molecule has 1 saturated heterocycles. The number of benzene rings is 2. The van der Waals surface area contributed by atoms with E-state index < -0.39 is 29.4 Å². The molecule has 146 valence electrons. The SMILES string of the molecule is O=C1NC(=S)S/C1=C\c1cccc(-c2cc(C(F)(F)F)cc(C(F)(F)F)c2)c1. The molecule has 0 aromatic heterocycles. The lowest BCUT2D eigenvalue weighted by Crippen LogP contribution is -2.17. The third kappa shape index (κ3) is 4.56. The Hall–Kier alpha value is -2.33. The molecule has 0 unspecified atom stereocenters. The molecule has 0 radical (unpaired) electrons. The number of hydrogen-bond donors (Lipinski definition) is 1. The zero-order valence-corrected chi connectivity index (χ0v) is 15.2. The van der Waals surface area contributed by atoms with Crippen LogP contribution in [0.2, 0.25) is 0 Å². The maximum absolute atomic E-state index is 13.0. The Bertz CT molecular complexity index is 962. The van der Waals surface area contributed by atoms with Gasteiger partial charge in [0.25, 0.3) is 5.91 Å². The van der Waals surface area contributed by atoms with Crippen molar-refractivity contribution in [2.45, 2.75) is 12.4 Å². The Balaban J connectivity index is 2.08. The highest BCUT2D eigenvalue weighted by Gasteiger charge is 2.37. The first-order chi connectivity index (χ1) is 12.9. The number of carbonyl (C=O) groups is 1. The van der Waals surface area contributed by atoms with E-state index in [1.165, 1.54) is 24.3 Å². The third-order valence-corrected chi connectivity index (χ3v) is 4.91. The van der Waals surface area contributed by atoms with Crippen LogP contribution in [0.4, 0.5) is 26.3 Å². The fraction of sp³-hybridized carbons (Fsp3) is 0.111. The fourth-order valence-electron chi connectivity index (χ4n) is 2.50. The highest BCUT2D eigenvalue weighted by atomic mass is 32.2. The second-order valence-electron chi connectivity index (χ2n) is 5.77. The molecule has 1 aliphatic rings. The molecular weight excluding hydrogens is 424 g/mol. The number of halogens is 6. The zero-order chi connectivity index (χ0) is 20.7. The van der Waals surface area contributed by atoms with Crippen LogP contribution in [0.15, 0.2) is 47.4 Å². The summed E-state index contributed by atoms with van der Waals surface area (Å²) in [6.07, 6.45) is -8.39. The van der Waals surface area contributed by atoms with E-state index in [1.54, 1.807) is 6.07 Å². The van der Waals surface area contributed by atoms with Crippen molar-refractivity contribution in [2.24, 2.45) is 0 Å². The average molecular weight is 433 g/mol. The first-order valence-electron chi connectivity index (χ1n) is 7.58. The van der Waals surface area contributed by atoms with E-state index >= 15 is 0 Å². The van der Waals surface area contributed by atoms with Crippen LogP contribution in [0.25, 0.3) is 17.2 Å². The van der Waals surface area contributed by atoms with E-state index in [4.69, 9.17) is 12.2 Å². The Labute approximate surface area is 164 Å². The van der Waals surface area contributed by atoms with Crippen molar-refractivity contribution in [3.63, 3.8) is 0 Å². The largest absolute Gasteiger partial charge is 0.416 e. The van der Waals surface area contributed by atoms with Crippen molar-refractivity contribution in [1.82, 2.24) is 5.32 Å². The van der Waals surface area contributed by atoms with E-state index in [0.29, 0.717) is 17.7 Å². The van der Waals surface area contributed by atoms with Gasteiger partial charge in [-0.2, -0.15) is 26.3 Å². The molecule has 2 aromatic carbocycles. The molecule has 2 nitrogen and oxygen atoms in total. The van der Waals surface area contributed by atoms with Crippen LogP contribution >= 0.6 is 24.0 Å². The molecule has 28 heavy (non-hydrogen) atoms. The van der Waals surface area contributed by atoms with Crippen LogP contribution in [0.3, 0.4) is 0 Å². The summed E-state index contributed by atoms with van der Waals surface area (Å²) in [7, 11) is 0. The normalized spacial score (nSPS) is 16.6. The van der Waals surface area contributed by atoms with Crippen molar-refractivity contribution >= 4 is 40.3 Å². The minimum atomic E-state index is -4.93. The second kappa shape index (κ2) is 7.25. The van der Waals surface area contributed by atoms with Gasteiger partial charge in [-0.15, -0.1) is 0 Å². The van der Waals surface area contributed by atoms with Crippen LogP contribution in [-0.2, 0) is 17.1 Å². The highest BCUT2D eigenvalue weighted by Crippen LogP contribution is 2.39. The molecular formula is C18H9F6NOS2. The zero-order valence-electron chi connectivity index (χ0n) is 13.6. The highest BCUT2D eigenvalue weighted by molar-refractivity contribution is 8.26. The molecule has 0 saturated carbocycles. The van der Waals surface area contributed by atoms with Crippen LogP contribution in [0, 0.1) is 0 Å². The van der Waals surface area contributed by atoms with Crippen LogP contribution in [-0.4, -0.2) is 10.2 Å². The summed E-state index contributed by atoms with van der Waals surface area (Å²) >= 11 is 5.88. The molecule has 3 rings (SSSR count). The predicted octanol–water partition coefficient (Wildman–Crippen LogP) is 5.88. The summed E-state index contributed by atoms with van der Waals surface area (Å²) in [5, 5.41) is 2.42. The van der Waals surface area contributed by atoms with Gasteiger partial charge in [-0.05, 0) is 47.0 Å². The maximum Gasteiger partial charge on any atom is 0.416 e. The fourth-order valence-corrected chi connectivity index (χ4v) is 3.55. The summed E-state index contributed by atoms with van der Waals surface area (Å²) in [6, 6.07) is 7.24. The predicted molar refractivity (Wildman–Crippen MR) is 98.2 cm³/mol. The Morgan fingerprint density at radius 1 is 0.893 bits per heavy atom. The number of nitrogens with one attached hydrogen (secondary N) is 1. The summed E-state index contributed by atoms with van der Waals surface area (Å²) < 4.78 is 78.5. The van der Waals surface area contributed by atoms with Crippen molar-refractivity contribution in [3.05, 3.63) is 64.1 Å². The van der Waals surface area contributed by atoms with Gasteiger partial charge in [0.15, 0.2) is 0 Å². The molecule has 2 aromatic rings. The number of thiocarbonyl (C=S) groups is 1. The molecule has 1 fully saturated rings. The van der Waals surface area contributed by atoms with Crippen LogP contribution in [0.5, 0.6) is 0 Å². The lowest BCUT2D eigenvalue weighted by Gasteiger charge is -2.14. The third-order valence-electron chi connectivity index (χ3n) is 3.75. The molecule has 1 amide bonds. The van der Waals surface area contributed by atoms with Crippen molar-refractivity contribution < 1.29 is 31.1 Å².